The molecule has 0 atom stereocenters. The molecule has 0 radical (unpaired) electrons. The lowest BCUT2D eigenvalue weighted by Gasteiger charge is -2.08. The molecule has 2 aromatic rings. The minimum Gasteiger partial charge on any atom is -0.493 e. The first kappa shape index (κ1) is 19.6. The molecule has 2 aromatic carbocycles. The van der Waals surface area contributed by atoms with Crippen molar-refractivity contribution in [2.24, 2.45) is 5.10 Å². The first-order valence-corrected chi connectivity index (χ1v) is 7.97. The number of hydrazone groups is 1. The van der Waals surface area contributed by atoms with Gasteiger partial charge >= 0.3 is 0 Å². The summed E-state index contributed by atoms with van der Waals surface area (Å²) in [6, 6.07) is 11.3. The van der Waals surface area contributed by atoms with E-state index >= 15 is 0 Å². The summed E-state index contributed by atoms with van der Waals surface area (Å²) < 4.78 is 10.4. The van der Waals surface area contributed by atoms with Crippen molar-refractivity contribution in [2.75, 3.05) is 14.2 Å². The van der Waals surface area contributed by atoms with Crippen LogP contribution < -0.4 is 14.9 Å². The molecule has 0 spiro atoms. The first-order valence-electron chi connectivity index (χ1n) is 7.97. The molecular formula is C19H19N3O5. The molecule has 1 N–H and O–H groups in total. The number of nitro benzene ring substituents is 1. The van der Waals surface area contributed by atoms with Gasteiger partial charge in [-0.1, -0.05) is 12.1 Å². The second kappa shape index (κ2) is 9.71. The molecule has 0 aromatic heterocycles. The normalized spacial score (nSPS) is 10.9. The number of nitrogens with zero attached hydrogens (tertiary/aromatic N) is 2. The molecule has 0 unspecified atom stereocenters. The van der Waals surface area contributed by atoms with Crippen molar-refractivity contribution in [1.29, 1.82) is 0 Å². The third-order valence-electron chi connectivity index (χ3n) is 3.56. The maximum Gasteiger partial charge on any atom is 0.269 e. The minimum atomic E-state index is -0.455. The lowest BCUT2D eigenvalue weighted by atomic mass is 10.1. The molecule has 140 valence electrons. The standard InChI is InChI=1S/C19H19N3O5/c1-26-17-10-7-15(12-18(17)27-2)13-19(23)21-20-11-3-4-14-5-8-16(9-6-14)22(24)25/h3-12H,13H2,1-2H3,(H,21,23)/b4-3+,20-11-. The van der Waals surface area contributed by atoms with Gasteiger partial charge in [0.1, 0.15) is 0 Å². The number of rotatable bonds is 8. The van der Waals surface area contributed by atoms with Crippen molar-refractivity contribution in [1.82, 2.24) is 5.43 Å². The van der Waals surface area contributed by atoms with E-state index < -0.39 is 4.92 Å². The van der Waals surface area contributed by atoms with Crippen molar-refractivity contribution in [3.63, 3.8) is 0 Å². The minimum absolute atomic E-state index is 0.0308. The monoisotopic (exact) mass is 369 g/mol. The fourth-order valence-corrected chi connectivity index (χ4v) is 2.23. The molecule has 0 aliphatic heterocycles. The van der Waals surface area contributed by atoms with Crippen molar-refractivity contribution in [3.8, 4) is 11.5 Å². The van der Waals surface area contributed by atoms with Crippen LogP contribution in [0, 0.1) is 10.1 Å². The molecule has 1 amide bonds. The number of hydrogen-bond donors (Lipinski definition) is 1. The Morgan fingerprint density at radius 2 is 1.85 bits per heavy atom. The number of hydrogen-bond acceptors (Lipinski definition) is 6. The molecular weight excluding hydrogens is 350 g/mol. The quantitative estimate of drug-likeness (QED) is 0.438. The van der Waals surface area contributed by atoms with Crippen LogP contribution in [0.4, 0.5) is 5.69 Å². The van der Waals surface area contributed by atoms with Gasteiger partial charge < -0.3 is 9.47 Å². The van der Waals surface area contributed by atoms with Gasteiger partial charge in [-0.25, -0.2) is 5.43 Å². The molecule has 8 nitrogen and oxygen atoms in total. The molecule has 0 aliphatic rings. The van der Waals surface area contributed by atoms with Crippen LogP contribution in [-0.2, 0) is 11.2 Å². The van der Waals surface area contributed by atoms with E-state index in [2.05, 4.69) is 10.5 Å². The molecule has 0 saturated heterocycles. The fourth-order valence-electron chi connectivity index (χ4n) is 2.23. The molecule has 0 bridgehead atoms. The van der Waals surface area contributed by atoms with Crippen molar-refractivity contribution < 1.29 is 19.2 Å². The first-order chi connectivity index (χ1) is 13.0. The number of methoxy groups -OCH3 is 2. The van der Waals surface area contributed by atoms with Gasteiger partial charge in [0.15, 0.2) is 11.5 Å². The van der Waals surface area contributed by atoms with E-state index in [9.17, 15) is 14.9 Å². The van der Waals surface area contributed by atoms with E-state index in [-0.39, 0.29) is 18.0 Å². The van der Waals surface area contributed by atoms with E-state index in [0.717, 1.165) is 11.1 Å². The number of non-ortho nitro benzene ring substituents is 1. The van der Waals surface area contributed by atoms with Gasteiger partial charge in [0.2, 0.25) is 5.91 Å². The molecule has 0 heterocycles. The fraction of sp³-hybridized carbons (Fsp3) is 0.158. The SMILES string of the molecule is COc1ccc(CC(=O)N/N=C\C=C\c2ccc([N+](=O)[O-])cc2)cc1OC. The Morgan fingerprint density at radius 3 is 2.48 bits per heavy atom. The second-order valence-corrected chi connectivity index (χ2v) is 5.39. The summed E-state index contributed by atoms with van der Waals surface area (Å²) in [6.45, 7) is 0. The van der Waals surface area contributed by atoms with Crippen LogP contribution in [-0.4, -0.2) is 31.3 Å². The highest BCUT2D eigenvalue weighted by Gasteiger charge is 2.07. The highest BCUT2D eigenvalue weighted by molar-refractivity contribution is 5.82. The van der Waals surface area contributed by atoms with Crippen LogP contribution in [0.2, 0.25) is 0 Å². The lowest BCUT2D eigenvalue weighted by Crippen LogP contribution is -2.19. The average molecular weight is 369 g/mol. The lowest BCUT2D eigenvalue weighted by molar-refractivity contribution is -0.384. The second-order valence-electron chi connectivity index (χ2n) is 5.39. The predicted octanol–water partition coefficient (Wildman–Crippen LogP) is 2.97. The number of carbonyl (C=O) groups is 1. The van der Waals surface area contributed by atoms with E-state index in [1.54, 1.807) is 49.6 Å². The zero-order chi connectivity index (χ0) is 19.6. The van der Waals surface area contributed by atoms with Crippen molar-refractivity contribution in [3.05, 3.63) is 69.8 Å². The third kappa shape index (κ3) is 5.96. The molecule has 27 heavy (non-hydrogen) atoms. The van der Waals surface area contributed by atoms with Crippen LogP contribution in [0.1, 0.15) is 11.1 Å². The Morgan fingerprint density at radius 1 is 1.15 bits per heavy atom. The maximum atomic E-state index is 11.9. The van der Waals surface area contributed by atoms with Crippen LogP contribution in [0.25, 0.3) is 6.08 Å². The Bertz CT molecular complexity index is 860. The van der Waals surface area contributed by atoms with Gasteiger partial charge in [-0.2, -0.15) is 5.10 Å². The molecule has 0 fully saturated rings. The van der Waals surface area contributed by atoms with Crippen molar-refractivity contribution >= 4 is 23.9 Å². The zero-order valence-corrected chi connectivity index (χ0v) is 14.9. The number of benzene rings is 2. The van der Waals surface area contributed by atoms with Crippen molar-refractivity contribution in [2.45, 2.75) is 6.42 Å². The van der Waals surface area contributed by atoms with Crippen LogP contribution in [0.15, 0.2) is 53.6 Å². The van der Waals surface area contributed by atoms with E-state index in [1.165, 1.54) is 25.5 Å². The Labute approximate surface area is 156 Å². The number of amides is 1. The number of allylic oxidation sites excluding steroid dienone is 1. The highest BCUT2D eigenvalue weighted by Crippen LogP contribution is 2.27. The Kier molecular flexibility index (Phi) is 7.07. The summed E-state index contributed by atoms with van der Waals surface area (Å²) >= 11 is 0. The van der Waals surface area contributed by atoms with E-state index in [0.29, 0.717) is 11.5 Å². The number of nitrogens with one attached hydrogen (secondary N) is 1. The van der Waals surface area contributed by atoms with Gasteiger partial charge in [-0.05, 0) is 41.5 Å². The molecule has 8 heteroatoms. The van der Waals surface area contributed by atoms with Gasteiger partial charge in [-0.15, -0.1) is 0 Å². The molecule has 0 aliphatic carbocycles. The number of ether oxygens (including phenoxy) is 2. The summed E-state index contributed by atoms with van der Waals surface area (Å²) in [5.41, 5.74) is 4.00. The Hall–Kier alpha value is -3.68. The van der Waals surface area contributed by atoms with Gasteiger partial charge in [0.05, 0.1) is 25.6 Å². The zero-order valence-electron chi connectivity index (χ0n) is 14.9. The van der Waals surface area contributed by atoms with Crippen LogP contribution in [0.5, 0.6) is 11.5 Å². The van der Waals surface area contributed by atoms with Gasteiger partial charge in [-0.3, -0.25) is 14.9 Å². The van der Waals surface area contributed by atoms with E-state index in [4.69, 9.17) is 9.47 Å². The summed E-state index contributed by atoms with van der Waals surface area (Å²) in [5, 5.41) is 14.4. The summed E-state index contributed by atoms with van der Waals surface area (Å²) in [5.74, 6) is 0.871. The highest BCUT2D eigenvalue weighted by atomic mass is 16.6. The Balaban J connectivity index is 1.85. The number of nitro groups is 1. The summed E-state index contributed by atoms with van der Waals surface area (Å²) in [6.07, 6.45) is 4.91. The van der Waals surface area contributed by atoms with Gasteiger partial charge in [0.25, 0.3) is 5.69 Å². The number of carbonyl (C=O) groups excluding carboxylic acids is 1. The largest absolute Gasteiger partial charge is 0.493 e. The van der Waals surface area contributed by atoms with E-state index in [1.807, 2.05) is 0 Å². The molecule has 2 rings (SSSR count). The predicted molar refractivity (Wildman–Crippen MR) is 102 cm³/mol. The van der Waals surface area contributed by atoms with Crippen LogP contribution >= 0.6 is 0 Å². The maximum absolute atomic E-state index is 11.9. The molecule has 0 saturated carbocycles. The van der Waals surface area contributed by atoms with Gasteiger partial charge in [0, 0.05) is 18.3 Å². The average Bonchev–Trinajstić information content (AvgIpc) is 2.68. The summed E-state index contributed by atoms with van der Waals surface area (Å²) in [7, 11) is 3.08. The van der Waals surface area contributed by atoms with Crippen LogP contribution in [0.3, 0.4) is 0 Å². The summed E-state index contributed by atoms with van der Waals surface area (Å²) in [4.78, 5) is 22.0. The smallest absolute Gasteiger partial charge is 0.269 e. The third-order valence-corrected chi connectivity index (χ3v) is 3.56. The topological polar surface area (TPSA) is 103 Å².